The van der Waals surface area contributed by atoms with Gasteiger partial charge in [0.05, 0.1) is 19.8 Å². The van der Waals surface area contributed by atoms with E-state index in [4.69, 9.17) is 0 Å². The summed E-state index contributed by atoms with van der Waals surface area (Å²) in [7, 11) is 5.18. The fourth-order valence-electron chi connectivity index (χ4n) is 1.36. The predicted molar refractivity (Wildman–Crippen MR) is 66.1 cm³/mol. The highest BCUT2D eigenvalue weighted by Gasteiger charge is 2.09. The number of carbonyl (C=O) groups excluding carboxylic acids is 1. The summed E-state index contributed by atoms with van der Waals surface area (Å²) >= 11 is 0. The van der Waals surface area contributed by atoms with E-state index in [1.54, 1.807) is 0 Å². The summed E-state index contributed by atoms with van der Waals surface area (Å²) in [5.74, 6) is 0. The quantitative estimate of drug-likeness (QED) is 0.825. The minimum atomic E-state index is -0.731. The molecule has 1 atom stereocenters. The number of nitrogens with zero attached hydrogens (tertiary/aromatic N) is 1. The molecule has 0 aliphatic rings. The Balaban J connectivity index is 2.57. The van der Waals surface area contributed by atoms with Crippen molar-refractivity contribution >= 4 is 11.8 Å². The number of hydrogen-bond acceptors (Lipinski definition) is 4. The van der Waals surface area contributed by atoms with E-state index in [0.29, 0.717) is 0 Å². The van der Waals surface area contributed by atoms with Gasteiger partial charge in [-0.1, -0.05) is 12.1 Å². The first-order valence-corrected chi connectivity index (χ1v) is 5.31. The SMILES string of the molecule is COC(=O)NCC(O)c1ccc(N(C)C)cc1. The maximum atomic E-state index is 10.8. The number of carbonyl (C=O) groups is 1. The fraction of sp³-hybridized carbons (Fsp3) is 0.417. The lowest BCUT2D eigenvalue weighted by Gasteiger charge is -2.15. The molecule has 17 heavy (non-hydrogen) atoms. The van der Waals surface area contributed by atoms with Crippen LogP contribution in [0.15, 0.2) is 24.3 Å². The molecule has 1 rings (SSSR count). The number of alkyl carbamates (subject to hydrolysis) is 1. The van der Waals surface area contributed by atoms with Gasteiger partial charge in [-0.05, 0) is 17.7 Å². The van der Waals surface area contributed by atoms with Gasteiger partial charge in [0, 0.05) is 19.8 Å². The first-order valence-electron chi connectivity index (χ1n) is 5.31. The second kappa shape index (κ2) is 6.10. The molecule has 0 spiro atoms. The molecule has 0 aliphatic carbocycles. The van der Waals surface area contributed by atoms with Crippen molar-refractivity contribution in [3.63, 3.8) is 0 Å². The molecule has 5 heteroatoms. The lowest BCUT2D eigenvalue weighted by atomic mass is 10.1. The Kier molecular flexibility index (Phi) is 4.78. The Bertz CT molecular complexity index is 363. The van der Waals surface area contributed by atoms with Crippen molar-refractivity contribution in [3.05, 3.63) is 29.8 Å². The van der Waals surface area contributed by atoms with Gasteiger partial charge in [-0.15, -0.1) is 0 Å². The van der Waals surface area contributed by atoms with Gasteiger partial charge in [-0.25, -0.2) is 4.79 Å². The van der Waals surface area contributed by atoms with Crippen LogP contribution < -0.4 is 10.2 Å². The van der Waals surface area contributed by atoms with Crippen molar-refractivity contribution in [2.24, 2.45) is 0 Å². The van der Waals surface area contributed by atoms with Crippen molar-refractivity contribution in [1.82, 2.24) is 5.32 Å². The third kappa shape index (κ3) is 3.96. The maximum absolute atomic E-state index is 10.8. The zero-order chi connectivity index (χ0) is 12.8. The normalized spacial score (nSPS) is 11.8. The molecule has 0 radical (unpaired) electrons. The average Bonchev–Trinajstić information content (AvgIpc) is 2.35. The number of benzene rings is 1. The lowest BCUT2D eigenvalue weighted by molar-refractivity contribution is 0.147. The summed E-state index contributed by atoms with van der Waals surface area (Å²) in [5.41, 5.74) is 1.81. The van der Waals surface area contributed by atoms with E-state index >= 15 is 0 Å². The molecule has 0 saturated heterocycles. The largest absolute Gasteiger partial charge is 0.453 e. The number of nitrogens with one attached hydrogen (secondary N) is 1. The van der Waals surface area contributed by atoms with Crippen LogP contribution in [0.2, 0.25) is 0 Å². The van der Waals surface area contributed by atoms with Crippen LogP contribution in [0.3, 0.4) is 0 Å². The molecule has 0 saturated carbocycles. The number of aliphatic hydroxyl groups is 1. The van der Waals surface area contributed by atoms with Crippen LogP contribution in [-0.4, -0.2) is 38.9 Å². The molecule has 5 nitrogen and oxygen atoms in total. The van der Waals surface area contributed by atoms with Crippen molar-refractivity contribution in [3.8, 4) is 0 Å². The third-order valence-corrected chi connectivity index (χ3v) is 2.42. The molecule has 94 valence electrons. The van der Waals surface area contributed by atoms with Crippen LogP contribution >= 0.6 is 0 Å². The number of amides is 1. The number of ether oxygens (including phenoxy) is 1. The molecule has 0 bridgehead atoms. The van der Waals surface area contributed by atoms with Gasteiger partial charge < -0.3 is 20.1 Å². The van der Waals surface area contributed by atoms with Gasteiger partial charge in [0.1, 0.15) is 0 Å². The summed E-state index contributed by atoms with van der Waals surface area (Å²) in [6.07, 6.45) is -1.28. The minimum Gasteiger partial charge on any atom is -0.453 e. The van der Waals surface area contributed by atoms with Crippen LogP contribution in [0.1, 0.15) is 11.7 Å². The van der Waals surface area contributed by atoms with Crippen LogP contribution in [0.4, 0.5) is 10.5 Å². The summed E-state index contributed by atoms with van der Waals surface area (Å²) in [6, 6.07) is 7.49. The molecule has 1 unspecified atom stereocenters. The molecular formula is C12H18N2O3. The van der Waals surface area contributed by atoms with Crippen molar-refractivity contribution < 1.29 is 14.6 Å². The molecule has 0 aromatic heterocycles. The summed E-state index contributed by atoms with van der Waals surface area (Å²) in [6.45, 7) is 0.133. The fourth-order valence-corrected chi connectivity index (χ4v) is 1.36. The standard InChI is InChI=1S/C12H18N2O3/c1-14(2)10-6-4-9(5-7-10)11(15)8-13-12(16)17-3/h4-7,11,15H,8H2,1-3H3,(H,13,16). The highest BCUT2D eigenvalue weighted by molar-refractivity contribution is 5.66. The summed E-state index contributed by atoms with van der Waals surface area (Å²) in [5, 5.41) is 12.3. The van der Waals surface area contributed by atoms with E-state index < -0.39 is 12.2 Å². The van der Waals surface area contributed by atoms with Gasteiger partial charge in [-0.2, -0.15) is 0 Å². The summed E-state index contributed by atoms with van der Waals surface area (Å²) < 4.78 is 4.42. The zero-order valence-electron chi connectivity index (χ0n) is 10.3. The Morgan fingerprint density at radius 1 is 1.41 bits per heavy atom. The van der Waals surface area contributed by atoms with Crippen LogP contribution in [-0.2, 0) is 4.74 Å². The predicted octanol–water partition coefficient (Wildman–Crippen LogP) is 1.14. The van der Waals surface area contributed by atoms with E-state index in [9.17, 15) is 9.90 Å². The number of anilines is 1. The van der Waals surface area contributed by atoms with Crippen molar-refractivity contribution in [2.75, 3.05) is 32.6 Å². The monoisotopic (exact) mass is 238 g/mol. The van der Waals surface area contributed by atoms with Gasteiger partial charge >= 0.3 is 6.09 Å². The molecule has 0 fully saturated rings. The Hall–Kier alpha value is -1.75. The van der Waals surface area contributed by atoms with Gasteiger partial charge in [-0.3, -0.25) is 0 Å². The molecule has 1 aromatic carbocycles. The van der Waals surface area contributed by atoms with E-state index in [-0.39, 0.29) is 6.54 Å². The number of hydrogen-bond donors (Lipinski definition) is 2. The van der Waals surface area contributed by atoms with Crippen molar-refractivity contribution in [1.29, 1.82) is 0 Å². The Labute approximate surface area is 101 Å². The van der Waals surface area contributed by atoms with Gasteiger partial charge in [0.15, 0.2) is 0 Å². The zero-order valence-corrected chi connectivity index (χ0v) is 10.3. The lowest BCUT2D eigenvalue weighted by Crippen LogP contribution is -2.28. The molecule has 2 N–H and O–H groups in total. The molecule has 1 amide bonds. The van der Waals surface area contributed by atoms with E-state index in [2.05, 4.69) is 10.1 Å². The first kappa shape index (κ1) is 13.3. The van der Waals surface area contributed by atoms with E-state index in [1.165, 1.54) is 7.11 Å². The highest BCUT2D eigenvalue weighted by atomic mass is 16.5. The van der Waals surface area contributed by atoms with Crippen molar-refractivity contribution in [2.45, 2.75) is 6.10 Å². The van der Waals surface area contributed by atoms with Gasteiger partial charge in [0.2, 0.25) is 0 Å². The Morgan fingerprint density at radius 3 is 2.47 bits per heavy atom. The highest BCUT2D eigenvalue weighted by Crippen LogP contribution is 2.17. The molecular weight excluding hydrogens is 220 g/mol. The second-order valence-electron chi connectivity index (χ2n) is 3.87. The number of aliphatic hydroxyl groups excluding tert-OH is 1. The molecule has 0 aliphatic heterocycles. The minimum absolute atomic E-state index is 0.133. The second-order valence-corrected chi connectivity index (χ2v) is 3.87. The average molecular weight is 238 g/mol. The first-order chi connectivity index (χ1) is 8.04. The number of methoxy groups -OCH3 is 1. The molecule has 0 heterocycles. The van der Waals surface area contributed by atoms with E-state index in [1.807, 2.05) is 43.3 Å². The van der Waals surface area contributed by atoms with Crippen LogP contribution in [0.25, 0.3) is 0 Å². The summed E-state index contributed by atoms with van der Waals surface area (Å²) in [4.78, 5) is 12.8. The molecule has 1 aromatic rings. The third-order valence-electron chi connectivity index (χ3n) is 2.42. The topological polar surface area (TPSA) is 61.8 Å². The van der Waals surface area contributed by atoms with Gasteiger partial charge in [0.25, 0.3) is 0 Å². The van der Waals surface area contributed by atoms with Crippen LogP contribution in [0, 0.1) is 0 Å². The number of rotatable bonds is 4. The Morgan fingerprint density at radius 2 is 2.00 bits per heavy atom. The van der Waals surface area contributed by atoms with Crippen LogP contribution in [0.5, 0.6) is 0 Å². The smallest absolute Gasteiger partial charge is 0.406 e. The van der Waals surface area contributed by atoms with E-state index in [0.717, 1.165) is 11.3 Å². The maximum Gasteiger partial charge on any atom is 0.406 e.